The number of aromatic nitrogens is 1. The van der Waals surface area contributed by atoms with Crippen LogP contribution in [0, 0.1) is 22.7 Å². The van der Waals surface area contributed by atoms with Crippen LogP contribution >= 0.6 is 10.2 Å². The Bertz CT molecular complexity index is 1370. The number of rotatable bonds is 8. The normalized spacial score (nSPS) is 14.7. The molecule has 2 aromatic carbocycles. The van der Waals surface area contributed by atoms with Gasteiger partial charge in [-0.25, -0.2) is 0 Å². The number of halogens is 5. The largest absolute Gasteiger partial charge is 0.486 e. The standard InChI is InChI=1S/C23H17F5N4O3S/c1-23(14-30,32-22(33)17-5-7-19(8-6-17)36(24,25,26,27)28)15-34-21-11-16(12-29)4-9-20(21)35-18-3-2-10-31-13-18/h2-11,13H,15H2,1H3,(H,32,33). The predicted molar refractivity (Wildman–Crippen MR) is 120 cm³/mol. The molecule has 3 rings (SSSR count). The summed E-state index contributed by atoms with van der Waals surface area (Å²) in [7, 11) is -9.89. The van der Waals surface area contributed by atoms with Gasteiger partial charge in [-0.05, 0) is 55.5 Å². The average Bonchev–Trinajstić information content (AvgIpc) is 2.82. The van der Waals surface area contributed by atoms with Gasteiger partial charge in [0.15, 0.2) is 17.0 Å². The van der Waals surface area contributed by atoms with Crippen molar-refractivity contribution in [1.29, 1.82) is 10.5 Å². The Kier molecular flexibility index (Phi) is 6.34. The zero-order valence-corrected chi connectivity index (χ0v) is 19.2. The van der Waals surface area contributed by atoms with E-state index >= 15 is 0 Å². The summed E-state index contributed by atoms with van der Waals surface area (Å²) in [5.41, 5.74) is -1.87. The maximum Gasteiger partial charge on any atom is 0.310 e. The first kappa shape index (κ1) is 26.2. The highest BCUT2D eigenvalue weighted by atomic mass is 32.5. The van der Waals surface area contributed by atoms with Crippen LogP contribution in [0.4, 0.5) is 19.4 Å². The van der Waals surface area contributed by atoms with Gasteiger partial charge in [0.2, 0.25) is 0 Å². The van der Waals surface area contributed by atoms with E-state index < -0.39 is 33.2 Å². The molecule has 1 heterocycles. The number of carbonyl (C=O) groups excluding carboxylic acids is 1. The Balaban J connectivity index is 1.77. The van der Waals surface area contributed by atoms with Crippen LogP contribution in [0.15, 0.2) is 71.9 Å². The number of carbonyl (C=O) groups is 1. The third-order valence-corrected chi connectivity index (χ3v) is 5.81. The number of nitriles is 2. The molecule has 0 aliphatic heterocycles. The Morgan fingerprint density at radius 3 is 2.31 bits per heavy atom. The lowest BCUT2D eigenvalue weighted by Crippen LogP contribution is -2.49. The molecule has 188 valence electrons. The molecular formula is C23H17F5N4O3S. The highest BCUT2D eigenvalue weighted by molar-refractivity contribution is 8.45. The van der Waals surface area contributed by atoms with Crippen molar-refractivity contribution in [2.24, 2.45) is 0 Å². The Morgan fingerprint density at radius 1 is 1.06 bits per heavy atom. The summed E-state index contributed by atoms with van der Waals surface area (Å²) in [5.74, 6) is -0.388. The van der Waals surface area contributed by atoms with Crippen molar-refractivity contribution < 1.29 is 33.7 Å². The zero-order chi connectivity index (χ0) is 26.7. The first-order chi connectivity index (χ1) is 16.6. The number of benzene rings is 2. The molecule has 1 amide bonds. The molecule has 0 aliphatic carbocycles. The number of hydrogen-bond donors (Lipinski definition) is 1. The summed E-state index contributed by atoms with van der Waals surface area (Å²) < 4.78 is 75.8. The average molecular weight is 524 g/mol. The molecule has 0 saturated carbocycles. The van der Waals surface area contributed by atoms with Crippen molar-refractivity contribution in [2.75, 3.05) is 6.61 Å². The molecule has 0 aliphatic rings. The molecule has 1 N–H and O–H groups in total. The lowest BCUT2D eigenvalue weighted by atomic mass is 10.0. The molecule has 13 heteroatoms. The lowest BCUT2D eigenvalue weighted by Gasteiger charge is -2.40. The second-order valence-corrected chi connectivity index (χ2v) is 10.2. The van der Waals surface area contributed by atoms with Gasteiger partial charge in [0.1, 0.15) is 17.3 Å². The summed E-state index contributed by atoms with van der Waals surface area (Å²) in [5, 5.41) is 21.1. The number of nitrogens with zero attached hydrogens (tertiary/aromatic N) is 3. The van der Waals surface area contributed by atoms with E-state index in [1.54, 1.807) is 12.1 Å². The third kappa shape index (κ3) is 6.61. The minimum atomic E-state index is -9.89. The van der Waals surface area contributed by atoms with E-state index in [1.165, 1.54) is 37.5 Å². The summed E-state index contributed by atoms with van der Waals surface area (Å²) in [6.07, 6.45) is 2.97. The van der Waals surface area contributed by atoms with E-state index in [9.17, 15) is 34.7 Å². The molecule has 7 nitrogen and oxygen atoms in total. The van der Waals surface area contributed by atoms with Crippen molar-refractivity contribution in [2.45, 2.75) is 17.4 Å². The van der Waals surface area contributed by atoms with Crippen molar-refractivity contribution in [1.82, 2.24) is 10.3 Å². The van der Waals surface area contributed by atoms with Gasteiger partial charge < -0.3 is 14.8 Å². The van der Waals surface area contributed by atoms with E-state index in [2.05, 4.69) is 10.3 Å². The zero-order valence-electron chi connectivity index (χ0n) is 18.4. The van der Waals surface area contributed by atoms with Gasteiger partial charge >= 0.3 is 10.2 Å². The van der Waals surface area contributed by atoms with Gasteiger partial charge in [-0.15, -0.1) is 0 Å². The van der Waals surface area contributed by atoms with Crippen LogP contribution in [0.5, 0.6) is 17.2 Å². The fourth-order valence-corrected chi connectivity index (χ4v) is 3.46. The van der Waals surface area contributed by atoms with E-state index in [0.29, 0.717) is 17.9 Å². The Morgan fingerprint density at radius 2 is 1.75 bits per heavy atom. The monoisotopic (exact) mass is 524 g/mol. The number of amides is 1. The van der Waals surface area contributed by atoms with E-state index in [4.69, 9.17) is 9.47 Å². The summed E-state index contributed by atoms with van der Waals surface area (Å²) in [6, 6.07) is 12.7. The van der Waals surface area contributed by atoms with Crippen LogP contribution in [-0.2, 0) is 0 Å². The maximum atomic E-state index is 12.9. The van der Waals surface area contributed by atoms with Crippen molar-refractivity contribution in [3.05, 3.63) is 78.1 Å². The predicted octanol–water partition coefficient (Wildman–Crippen LogP) is 6.49. The minimum Gasteiger partial charge on any atom is -0.486 e. The summed E-state index contributed by atoms with van der Waals surface area (Å²) in [6.45, 7) is 0.820. The van der Waals surface area contributed by atoms with Gasteiger partial charge in [0.05, 0.1) is 23.9 Å². The molecule has 0 fully saturated rings. The molecule has 0 radical (unpaired) electrons. The van der Waals surface area contributed by atoms with Crippen LogP contribution in [0.3, 0.4) is 0 Å². The van der Waals surface area contributed by atoms with E-state index in [-0.39, 0.29) is 34.8 Å². The Labute approximate surface area is 202 Å². The van der Waals surface area contributed by atoms with Crippen LogP contribution in [0.1, 0.15) is 22.8 Å². The van der Waals surface area contributed by atoms with Crippen LogP contribution in [-0.4, -0.2) is 23.0 Å². The molecule has 0 saturated heterocycles. The first-order valence-electron chi connectivity index (χ1n) is 9.95. The Hall–Kier alpha value is -4.36. The highest BCUT2D eigenvalue weighted by Gasteiger charge is 2.65. The highest BCUT2D eigenvalue weighted by Crippen LogP contribution is 3.02. The van der Waals surface area contributed by atoms with Gasteiger partial charge in [-0.3, -0.25) is 9.78 Å². The van der Waals surface area contributed by atoms with Crippen molar-refractivity contribution in [3.63, 3.8) is 0 Å². The second kappa shape index (κ2) is 8.70. The molecule has 0 spiro atoms. The number of ether oxygens (including phenoxy) is 2. The number of nitrogens with one attached hydrogen (secondary N) is 1. The molecule has 0 bridgehead atoms. The molecule has 1 unspecified atom stereocenters. The van der Waals surface area contributed by atoms with Gasteiger partial charge in [-0.2, -0.15) is 10.5 Å². The molecule has 1 atom stereocenters. The fraction of sp³-hybridized carbons (Fsp3) is 0.130. The smallest absolute Gasteiger partial charge is 0.310 e. The van der Waals surface area contributed by atoms with Crippen molar-refractivity contribution in [3.8, 4) is 29.4 Å². The van der Waals surface area contributed by atoms with E-state index in [1.807, 2.05) is 12.1 Å². The SMILES string of the molecule is CC(C#N)(COc1cc(C#N)ccc1Oc1cccnc1)NC(=O)c1ccc(S(F)(F)(F)(F)F)cc1. The molecule has 1 aromatic heterocycles. The first-order valence-corrected chi connectivity index (χ1v) is 11.9. The quantitative estimate of drug-likeness (QED) is 0.337. The third-order valence-electron chi connectivity index (χ3n) is 4.65. The van der Waals surface area contributed by atoms with Crippen molar-refractivity contribution >= 4 is 16.1 Å². The van der Waals surface area contributed by atoms with E-state index in [0.717, 1.165) is 0 Å². The van der Waals surface area contributed by atoms with Crippen LogP contribution in [0.25, 0.3) is 0 Å². The van der Waals surface area contributed by atoms with Gasteiger partial charge in [0.25, 0.3) is 5.91 Å². The maximum absolute atomic E-state index is 12.9. The molecular weight excluding hydrogens is 507 g/mol. The molecule has 36 heavy (non-hydrogen) atoms. The lowest BCUT2D eigenvalue weighted by molar-refractivity contribution is 0.0900. The second-order valence-electron chi connectivity index (χ2n) is 7.74. The number of hydrogen-bond acceptors (Lipinski definition) is 6. The summed E-state index contributed by atoms with van der Waals surface area (Å²) in [4.78, 5) is 14.3. The minimum absolute atomic E-state index is 0.0638. The van der Waals surface area contributed by atoms with Gasteiger partial charge in [0, 0.05) is 17.8 Å². The van der Waals surface area contributed by atoms with Crippen LogP contribution < -0.4 is 14.8 Å². The fourth-order valence-electron chi connectivity index (χ4n) is 2.81. The molecule has 3 aromatic rings. The summed E-state index contributed by atoms with van der Waals surface area (Å²) >= 11 is 0. The van der Waals surface area contributed by atoms with Gasteiger partial charge in [-0.1, -0.05) is 19.4 Å². The topological polar surface area (TPSA) is 108 Å². The van der Waals surface area contributed by atoms with Crippen LogP contribution in [0.2, 0.25) is 0 Å². The number of pyridine rings is 1.